The molecular weight excluding hydrogens is 312 g/mol. The summed E-state index contributed by atoms with van der Waals surface area (Å²) >= 11 is 0. The van der Waals surface area contributed by atoms with Gasteiger partial charge in [-0.2, -0.15) is 0 Å². The monoisotopic (exact) mass is 330 g/mol. The Bertz CT molecular complexity index is 807. The van der Waals surface area contributed by atoms with Crippen LogP contribution in [0.5, 0.6) is 5.75 Å². The third-order valence-corrected chi connectivity index (χ3v) is 6.63. The number of methoxy groups -OCH3 is 1. The standard InChI is InChI=1S/C18H18O4S/c1-12-3-9-15(10-4-12)23(20,21)18-16(11-19)17(18)13-5-7-14(22-2)8-6-13/h3-11,16-18H,1-2H3/t16-,17-,18+/m1/s1. The highest BCUT2D eigenvalue weighted by molar-refractivity contribution is 7.92. The van der Waals surface area contributed by atoms with Crippen molar-refractivity contribution in [2.75, 3.05) is 7.11 Å². The molecule has 1 aliphatic carbocycles. The number of carbonyl (C=O) groups is 1. The lowest BCUT2D eigenvalue weighted by molar-refractivity contribution is -0.108. The second-order valence-corrected chi connectivity index (χ2v) is 7.94. The Labute approximate surface area is 136 Å². The maximum absolute atomic E-state index is 12.8. The fourth-order valence-electron chi connectivity index (χ4n) is 2.99. The minimum atomic E-state index is -3.52. The normalized spacial score (nSPS) is 23.3. The van der Waals surface area contributed by atoms with Crippen LogP contribution in [0.1, 0.15) is 17.0 Å². The van der Waals surface area contributed by atoms with Gasteiger partial charge in [-0.05, 0) is 36.8 Å². The smallest absolute Gasteiger partial charge is 0.182 e. The fraction of sp³-hybridized carbons (Fsp3) is 0.278. The number of hydrogen-bond donors (Lipinski definition) is 0. The second kappa shape index (κ2) is 5.81. The van der Waals surface area contributed by atoms with E-state index in [-0.39, 0.29) is 10.8 Å². The van der Waals surface area contributed by atoms with Crippen LogP contribution >= 0.6 is 0 Å². The van der Waals surface area contributed by atoms with Gasteiger partial charge in [-0.3, -0.25) is 0 Å². The summed E-state index contributed by atoms with van der Waals surface area (Å²) in [4.78, 5) is 11.6. The first-order valence-electron chi connectivity index (χ1n) is 7.39. The number of rotatable bonds is 5. The number of sulfone groups is 1. The predicted octanol–water partition coefficient (Wildman–Crippen LogP) is 2.76. The highest BCUT2D eigenvalue weighted by Gasteiger charge is 2.59. The lowest BCUT2D eigenvalue weighted by Crippen LogP contribution is -2.11. The number of aldehydes is 1. The number of ether oxygens (including phenoxy) is 1. The van der Waals surface area contributed by atoms with E-state index >= 15 is 0 Å². The van der Waals surface area contributed by atoms with Crippen LogP contribution in [-0.4, -0.2) is 27.1 Å². The summed E-state index contributed by atoms with van der Waals surface area (Å²) in [7, 11) is -1.94. The molecule has 0 amide bonds. The van der Waals surface area contributed by atoms with E-state index in [0.29, 0.717) is 5.75 Å². The minimum absolute atomic E-state index is 0.274. The van der Waals surface area contributed by atoms with Gasteiger partial charge < -0.3 is 9.53 Å². The van der Waals surface area contributed by atoms with Gasteiger partial charge in [0.15, 0.2) is 9.84 Å². The van der Waals surface area contributed by atoms with Gasteiger partial charge in [-0.25, -0.2) is 8.42 Å². The Morgan fingerprint density at radius 2 is 1.61 bits per heavy atom. The van der Waals surface area contributed by atoms with Gasteiger partial charge in [0.1, 0.15) is 12.0 Å². The summed E-state index contributed by atoms with van der Waals surface area (Å²) in [6.45, 7) is 1.90. The lowest BCUT2D eigenvalue weighted by Gasteiger charge is -2.05. The summed E-state index contributed by atoms with van der Waals surface area (Å²) in [5, 5.41) is -0.684. The highest BCUT2D eigenvalue weighted by Crippen LogP contribution is 2.53. The summed E-state index contributed by atoms with van der Waals surface area (Å²) in [6, 6.07) is 14.0. The van der Waals surface area contributed by atoms with Crippen molar-refractivity contribution in [1.82, 2.24) is 0 Å². The molecule has 1 fully saturated rings. The molecule has 5 heteroatoms. The van der Waals surface area contributed by atoms with Crippen LogP contribution in [0.15, 0.2) is 53.4 Å². The van der Waals surface area contributed by atoms with Crippen LogP contribution in [0.3, 0.4) is 0 Å². The summed E-state index contributed by atoms with van der Waals surface area (Å²) in [6.07, 6.45) is 0.755. The van der Waals surface area contributed by atoms with E-state index < -0.39 is 21.0 Å². The number of hydrogen-bond acceptors (Lipinski definition) is 4. The lowest BCUT2D eigenvalue weighted by atomic mass is 10.1. The van der Waals surface area contributed by atoms with Crippen LogP contribution in [-0.2, 0) is 14.6 Å². The highest BCUT2D eigenvalue weighted by atomic mass is 32.2. The average Bonchev–Trinajstić information content (AvgIpc) is 3.31. The zero-order valence-corrected chi connectivity index (χ0v) is 13.8. The fourth-order valence-corrected chi connectivity index (χ4v) is 5.10. The predicted molar refractivity (Wildman–Crippen MR) is 87.4 cm³/mol. The van der Waals surface area contributed by atoms with Crippen LogP contribution in [0, 0.1) is 12.8 Å². The van der Waals surface area contributed by atoms with E-state index in [1.165, 1.54) is 0 Å². The van der Waals surface area contributed by atoms with Gasteiger partial charge in [0.25, 0.3) is 0 Å². The van der Waals surface area contributed by atoms with Gasteiger partial charge in [-0.15, -0.1) is 0 Å². The summed E-state index contributed by atoms with van der Waals surface area (Å²) in [5.74, 6) is -0.0746. The van der Waals surface area contributed by atoms with Crippen molar-refractivity contribution in [1.29, 1.82) is 0 Å². The molecular formula is C18H18O4S. The topological polar surface area (TPSA) is 60.4 Å². The van der Waals surface area contributed by atoms with Crippen molar-refractivity contribution in [3.63, 3.8) is 0 Å². The molecule has 0 spiro atoms. The molecule has 2 aromatic carbocycles. The molecule has 120 valence electrons. The van der Waals surface area contributed by atoms with E-state index in [1.54, 1.807) is 43.5 Å². The molecule has 0 heterocycles. The number of carbonyl (C=O) groups excluding carboxylic acids is 1. The third-order valence-electron chi connectivity index (χ3n) is 4.37. The Hall–Kier alpha value is -2.14. The molecule has 1 aliphatic rings. The first-order valence-corrected chi connectivity index (χ1v) is 8.93. The van der Waals surface area contributed by atoms with Gasteiger partial charge >= 0.3 is 0 Å². The molecule has 0 saturated heterocycles. The Balaban J connectivity index is 1.92. The van der Waals surface area contributed by atoms with E-state index in [1.807, 2.05) is 19.1 Å². The molecule has 0 radical (unpaired) electrons. The van der Waals surface area contributed by atoms with Crippen LogP contribution in [0.2, 0.25) is 0 Å². The zero-order chi connectivity index (χ0) is 16.6. The van der Waals surface area contributed by atoms with E-state index in [2.05, 4.69) is 0 Å². The van der Waals surface area contributed by atoms with Crippen molar-refractivity contribution in [2.24, 2.45) is 5.92 Å². The Kier molecular flexibility index (Phi) is 3.98. The molecule has 2 aromatic rings. The van der Waals surface area contributed by atoms with Gasteiger partial charge in [0.2, 0.25) is 0 Å². The van der Waals surface area contributed by atoms with Gasteiger partial charge in [0.05, 0.1) is 17.3 Å². The van der Waals surface area contributed by atoms with Gasteiger partial charge in [-0.1, -0.05) is 29.8 Å². The SMILES string of the molecule is COc1ccc([C@@H]2[C@@H](C=O)[C@@H]2S(=O)(=O)c2ccc(C)cc2)cc1. The van der Waals surface area contributed by atoms with E-state index in [0.717, 1.165) is 17.4 Å². The van der Waals surface area contributed by atoms with Crippen LogP contribution in [0.4, 0.5) is 0 Å². The number of benzene rings is 2. The first kappa shape index (κ1) is 15.7. The number of aryl methyl sites for hydroxylation is 1. The molecule has 0 aliphatic heterocycles. The zero-order valence-electron chi connectivity index (χ0n) is 13.0. The first-order chi connectivity index (χ1) is 11.0. The molecule has 3 atom stereocenters. The Morgan fingerprint density at radius 3 is 2.13 bits per heavy atom. The van der Waals surface area contributed by atoms with Gasteiger partial charge in [0, 0.05) is 11.8 Å². The molecule has 0 unspecified atom stereocenters. The third kappa shape index (κ3) is 2.77. The van der Waals surface area contributed by atoms with E-state index in [4.69, 9.17) is 4.74 Å². The average molecular weight is 330 g/mol. The summed E-state index contributed by atoms with van der Waals surface area (Å²) < 4.78 is 30.7. The molecule has 3 rings (SSSR count). The molecule has 1 saturated carbocycles. The van der Waals surface area contributed by atoms with E-state index in [9.17, 15) is 13.2 Å². The van der Waals surface area contributed by atoms with Crippen molar-refractivity contribution in [3.8, 4) is 5.75 Å². The van der Waals surface area contributed by atoms with Crippen molar-refractivity contribution in [3.05, 3.63) is 59.7 Å². The maximum atomic E-state index is 12.8. The van der Waals surface area contributed by atoms with Crippen LogP contribution < -0.4 is 4.74 Å². The maximum Gasteiger partial charge on any atom is 0.182 e. The largest absolute Gasteiger partial charge is 0.497 e. The molecule has 23 heavy (non-hydrogen) atoms. The van der Waals surface area contributed by atoms with Crippen molar-refractivity contribution < 1.29 is 17.9 Å². The molecule has 0 bridgehead atoms. The van der Waals surface area contributed by atoms with Crippen molar-refractivity contribution >= 4 is 16.1 Å². The molecule has 0 aromatic heterocycles. The quantitative estimate of drug-likeness (QED) is 0.791. The summed E-state index contributed by atoms with van der Waals surface area (Å²) in [5.41, 5.74) is 1.85. The molecule has 4 nitrogen and oxygen atoms in total. The Morgan fingerprint density at radius 1 is 1.00 bits per heavy atom. The van der Waals surface area contributed by atoms with Crippen LogP contribution in [0.25, 0.3) is 0 Å². The second-order valence-electron chi connectivity index (χ2n) is 5.84. The minimum Gasteiger partial charge on any atom is -0.497 e. The van der Waals surface area contributed by atoms with Crippen molar-refractivity contribution in [2.45, 2.75) is 23.0 Å². The molecule has 0 N–H and O–H groups in total.